The summed E-state index contributed by atoms with van der Waals surface area (Å²) in [6.07, 6.45) is 6.61. The fourth-order valence-corrected chi connectivity index (χ4v) is 4.07. The zero-order valence-corrected chi connectivity index (χ0v) is 14.7. The van der Waals surface area contributed by atoms with E-state index >= 15 is 0 Å². The summed E-state index contributed by atoms with van der Waals surface area (Å²) in [7, 11) is -2.31. The normalized spacial score (nSPS) is 16.5. The topological polar surface area (TPSA) is 134 Å². The number of nitrogens with zero attached hydrogens (tertiary/aromatic N) is 3. The number of sulfone groups is 1. The van der Waals surface area contributed by atoms with E-state index in [-0.39, 0.29) is 33.0 Å². The Morgan fingerprint density at radius 1 is 1.32 bits per heavy atom. The highest BCUT2D eigenvalue weighted by Crippen LogP contribution is 2.22. The molecule has 130 valence electrons. The van der Waals surface area contributed by atoms with Crippen LogP contribution in [0.3, 0.4) is 0 Å². The first-order chi connectivity index (χ1) is 11.7. The van der Waals surface area contributed by atoms with Gasteiger partial charge in [0, 0.05) is 17.8 Å². The summed E-state index contributed by atoms with van der Waals surface area (Å²) in [6.45, 7) is 0. The summed E-state index contributed by atoms with van der Waals surface area (Å²) in [4.78, 5) is 27.7. The van der Waals surface area contributed by atoms with Crippen molar-refractivity contribution >= 4 is 44.0 Å². The molecular weight excluding hydrogens is 368 g/mol. The summed E-state index contributed by atoms with van der Waals surface area (Å²) in [5.74, 6) is -0.302. The molecule has 0 aromatic carbocycles. The number of hydrogen-bond acceptors (Lipinski definition) is 9. The maximum atomic E-state index is 12.2. The molecule has 11 heteroatoms. The van der Waals surface area contributed by atoms with Crippen LogP contribution in [0.4, 0.5) is 5.82 Å². The Bertz CT molecular complexity index is 1150. The third-order valence-corrected chi connectivity index (χ3v) is 5.12. The average Bonchev–Trinajstić information content (AvgIpc) is 2.97. The number of ketones is 1. The van der Waals surface area contributed by atoms with Crippen molar-refractivity contribution in [2.24, 2.45) is 0 Å². The second kappa shape index (κ2) is 5.93. The Morgan fingerprint density at radius 3 is 2.68 bits per heavy atom. The molecule has 3 rings (SSSR count). The van der Waals surface area contributed by atoms with Gasteiger partial charge < -0.3 is 10.5 Å². The Kier molecular flexibility index (Phi) is 4.05. The van der Waals surface area contributed by atoms with Gasteiger partial charge >= 0.3 is 0 Å². The first kappa shape index (κ1) is 17.0. The molecule has 0 amide bonds. The highest BCUT2D eigenvalue weighted by molar-refractivity contribution is 7.90. The van der Waals surface area contributed by atoms with E-state index in [1.54, 1.807) is 0 Å². The van der Waals surface area contributed by atoms with Gasteiger partial charge in [0.25, 0.3) is 5.56 Å². The fraction of sp³-hybridized carbons (Fsp3) is 0.143. The number of anilines is 1. The number of aromatic nitrogens is 3. The van der Waals surface area contributed by atoms with Crippen LogP contribution in [0.25, 0.3) is 11.0 Å². The molecule has 0 unspecified atom stereocenters. The van der Waals surface area contributed by atoms with Crippen molar-refractivity contribution < 1.29 is 17.9 Å². The molecular formula is C14H12N4O5S2. The number of hydrogen-bond donors (Lipinski definition) is 1. The Hall–Kier alpha value is -2.79. The number of nitrogens with two attached hydrogens (primary N) is 1. The number of rotatable bonds is 3. The van der Waals surface area contributed by atoms with Crippen molar-refractivity contribution in [2.75, 3.05) is 19.1 Å². The molecule has 0 aliphatic heterocycles. The van der Waals surface area contributed by atoms with E-state index < -0.39 is 15.4 Å². The monoisotopic (exact) mass is 380 g/mol. The van der Waals surface area contributed by atoms with Gasteiger partial charge in [-0.2, -0.15) is 9.36 Å². The summed E-state index contributed by atoms with van der Waals surface area (Å²) in [6, 6.07) is 0. The van der Waals surface area contributed by atoms with Crippen molar-refractivity contribution in [1.29, 1.82) is 0 Å². The maximum absolute atomic E-state index is 12.2. The van der Waals surface area contributed by atoms with Gasteiger partial charge in [-0.3, -0.25) is 9.59 Å². The lowest BCUT2D eigenvalue weighted by atomic mass is 10.0. The van der Waals surface area contributed by atoms with Crippen LogP contribution in [0, 0.1) is 0 Å². The molecule has 1 aliphatic rings. The third-order valence-electron chi connectivity index (χ3n) is 3.36. The minimum absolute atomic E-state index is 0.0108. The van der Waals surface area contributed by atoms with Gasteiger partial charge in [0.15, 0.2) is 5.76 Å². The predicted octanol–water partition coefficient (Wildman–Crippen LogP) is 0.189. The predicted molar refractivity (Wildman–Crippen MR) is 91.9 cm³/mol. The van der Waals surface area contributed by atoms with Crippen molar-refractivity contribution in [3.63, 3.8) is 0 Å². The number of ether oxygens (including phenoxy) is 1. The summed E-state index contributed by atoms with van der Waals surface area (Å²) in [5.41, 5.74) is 5.85. The highest BCUT2D eigenvalue weighted by Gasteiger charge is 2.21. The van der Waals surface area contributed by atoms with E-state index in [2.05, 4.69) is 9.36 Å². The van der Waals surface area contributed by atoms with Crippen LogP contribution < -0.4 is 11.3 Å². The molecule has 0 atom stereocenters. The molecule has 2 aromatic heterocycles. The largest absolute Gasteiger partial charge is 0.493 e. The van der Waals surface area contributed by atoms with E-state index in [0.717, 1.165) is 22.2 Å². The van der Waals surface area contributed by atoms with Crippen LogP contribution in [-0.2, 0) is 19.4 Å². The molecule has 2 aromatic rings. The van der Waals surface area contributed by atoms with E-state index in [9.17, 15) is 18.0 Å². The van der Waals surface area contributed by atoms with E-state index in [1.807, 2.05) is 0 Å². The van der Waals surface area contributed by atoms with Gasteiger partial charge in [-0.15, -0.1) is 0 Å². The van der Waals surface area contributed by atoms with Crippen molar-refractivity contribution in [3.8, 4) is 0 Å². The summed E-state index contributed by atoms with van der Waals surface area (Å²) < 4.78 is 33.6. The SMILES string of the molecule is COC1=CC(=Cc2c(N)n3c(S(C)(=O)=O)nsc3nc2=O)C=CC1=O. The lowest BCUT2D eigenvalue weighted by Gasteiger charge is -2.09. The molecule has 1 aliphatic carbocycles. The second-order valence-corrected chi connectivity index (χ2v) is 7.77. The molecule has 0 radical (unpaired) electrons. The number of carbonyl (C=O) groups excluding carboxylic acids is 1. The molecule has 9 nitrogen and oxygen atoms in total. The van der Waals surface area contributed by atoms with Crippen molar-refractivity contribution in [1.82, 2.24) is 13.8 Å². The molecule has 0 fully saturated rings. The zero-order valence-electron chi connectivity index (χ0n) is 13.1. The number of allylic oxidation sites excluding steroid dienone is 4. The Morgan fingerprint density at radius 2 is 2.04 bits per heavy atom. The molecule has 0 saturated carbocycles. The van der Waals surface area contributed by atoms with E-state index in [0.29, 0.717) is 5.57 Å². The smallest absolute Gasteiger partial charge is 0.283 e. The van der Waals surface area contributed by atoms with E-state index in [1.165, 1.54) is 31.4 Å². The van der Waals surface area contributed by atoms with Crippen LogP contribution in [0.1, 0.15) is 5.56 Å². The third kappa shape index (κ3) is 2.98. The number of fused-ring (bicyclic) bond motifs is 1. The van der Waals surface area contributed by atoms with Gasteiger partial charge in [-0.05, 0) is 23.8 Å². The first-order valence-electron chi connectivity index (χ1n) is 6.80. The first-order valence-corrected chi connectivity index (χ1v) is 9.46. The van der Waals surface area contributed by atoms with Crippen molar-refractivity contribution in [2.45, 2.75) is 5.16 Å². The number of carbonyl (C=O) groups is 1. The van der Waals surface area contributed by atoms with Crippen LogP contribution in [0.15, 0.2) is 39.5 Å². The summed E-state index contributed by atoms with van der Waals surface area (Å²) in [5, 5.41) is -0.292. The van der Waals surface area contributed by atoms with Crippen LogP contribution in [0.2, 0.25) is 0 Å². The van der Waals surface area contributed by atoms with Gasteiger partial charge in [-0.25, -0.2) is 12.8 Å². The Labute approximate surface area is 145 Å². The van der Waals surface area contributed by atoms with Crippen LogP contribution in [0.5, 0.6) is 0 Å². The fourth-order valence-electron chi connectivity index (χ4n) is 2.21. The van der Waals surface area contributed by atoms with Crippen LogP contribution in [-0.4, -0.2) is 41.3 Å². The summed E-state index contributed by atoms with van der Waals surface area (Å²) >= 11 is 0.760. The quantitative estimate of drug-likeness (QED) is 0.797. The van der Waals surface area contributed by atoms with Gasteiger partial charge in [0.1, 0.15) is 5.82 Å². The average molecular weight is 380 g/mol. The zero-order chi connectivity index (χ0) is 18.4. The number of nitrogen functional groups attached to an aromatic ring is 1. The molecule has 0 bridgehead atoms. The lowest BCUT2D eigenvalue weighted by Crippen LogP contribution is -2.18. The van der Waals surface area contributed by atoms with Crippen molar-refractivity contribution in [3.05, 3.63) is 45.5 Å². The maximum Gasteiger partial charge on any atom is 0.283 e. The van der Waals surface area contributed by atoms with E-state index in [4.69, 9.17) is 10.5 Å². The molecule has 2 N–H and O–H groups in total. The highest BCUT2D eigenvalue weighted by atomic mass is 32.2. The van der Waals surface area contributed by atoms with Crippen LogP contribution >= 0.6 is 11.5 Å². The molecule has 0 saturated heterocycles. The number of methoxy groups -OCH3 is 1. The minimum atomic E-state index is -3.66. The second-order valence-electron chi connectivity index (χ2n) is 5.13. The van der Waals surface area contributed by atoms with Gasteiger partial charge in [0.2, 0.25) is 25.7 Å². The Balaban J connectivity index is 2.26. The molecule has 2 heterocycles. The van der Waals surface area contributed by atoms with Gasteiger partial charge in [-0.1, -0.05) is 6.08 Å². The van der Waals surface area contributed by atoms with Gasteiger partial charge in [0.05, 0.1) is 12.7 Å². The standard InChI is InChI=1S/C14H12N4O5S2/c1-23-10-6-7(3-4-9(10)19)5-8-11(15)18-13(16-12(8)20)24-17-14(18)25(2,21)22/h3-6H,15H2,1-2H3. The molecule has 0 spiro atoms. The lowest BCUT2D eigenvalue weighted by molar-refractivity contribution is -0.114. The minimum Gasteiger partial charge on any atom is -0.493 e. The molecule has 25 heavy (non-hydrogen) atoms.